The normalized spacial score (nSPS) is 10.3. The fraction of sp³-hybridized carbons (Fsp3) is 0.263. The van der Waals surface area contributed by atoms with E-state index in [0.29, 0.717) is 11.1 Å². The third kappa shape index (κ3) is 4.43. The van der Waals surface area contributed by atoms with Gasteiger partial charge in [-0.3, -0.25) is 4.79 Å². The Morgan fingerprint density at radius 3 is 2.46 bits per heavy atom. The summed E-state index contributed by atoms with van der Waals surface area (Å²) in [7, 11) is 0. The number of amides is 1. The van der Waals surface area contributed by atoms with E-state index in [9.17, 15) is 9.59 Å². The Kier molecular flexibility index (Phi) is 6.09. The van der Waals surface area contributed by atoms with Gasteiger partial charge in [-0.05, 0) is 42.2 Å². The largest absolute Gasteiger partial charge is 0.452 e. The molecule has 24 heavy (non-hydrogen) atoms. The van der Waals surface area contributed by atoms with Crippen molar-refractivity contribution in [1.29, 1.82) is 0 Å². The quantitative estimate of drug-likeness (QED) is 0.800. The summed E-state index contributed by atoms with van der Waals surface area (Å²) in [6, 6.07) is 12.2. The lowest BCUT2D eigenvalue weighted by Gasteiger charge is -2.13. The summed E-state index contributed by atoms with van der Waals surface area (Å²) in [6.07, 6.45) is 0.800. The molecule has 0 fully saturated rings. The molecule has 0 saturated heterocycles. The number of carbonyl (C=O) groups excluding carboxylic acids is 2. The molecule has 0 bridgehead atoms. The Morgan fingerprint density at radius 2 is 1.83 bits per heavy atom. The predicted octanol–water partition coefficient (Wildman–Crippen LogP) is 2.85. The number of carbonyl (C=O) groups is 2. The number of rotatable bonds is 6. The highest BCUT2D eigenvalue weighted by Gasteiger charge is 2.12. The molecule has 0 aromatic heterocycles. The molecule has 2 aromatic carbocycles. The summed E-state index contributed by atoms with van der Waals surface area (Å²) in [5, 5.41) is 11.8. The minimum Gasteiger partial charge on any atom is -0.452 e. The average molecular weight is 327 g/mol. The van der Waals surface area contributed by atoms with Crippen LogP contribution >= 0.6 is 0 Å². The van der Waals surface area contributed by atoms with Crippen LogP contribution < -0.4 is 5.32 Å². The predicted molar refractivity (Wildman–Crippen MR) is 91.8 cm³/mol. The van der Waals surface area contributed by atoms with Crippen LogP contribution in [0.2, 0.25) is 0 Å². The molecule has 126 valence electrons. The van der Waals surface area contributed by atoms with Crippen molar-refractivity contribution in [2.24, 2.45) is 0 Å². The Balaban J connectivity index is 1.94. The van der Waals surface area contributed by atoms with E-state index >= 15 is 0 Å². The van der Waals surface area contributed by atoms with Gasteiger partial charge in [0, 0.05) is 5.69 Å². The van der Waals surface area contributed by atoms with Gasteiger partial charge in [0.1, 0.15) is 0 Å². The van der Waals surface area contributed by atoms with Crippen LogP contribution in [0.3, 0.4) is 0 Å². The molecule has 0 heterocycles. The zero-order valence-electron chi connectivity index (χ0n) is 13.8. The number of nitrogens with one attached hydrogen (secondary N) is 1. The highest BCUT2D eigenvalue weighted by atomic mass is 16.5. The summed E-state index contributed by atoms with van der Waals surface area (Å²) in [5.74, 6) is -0.950. The van der Waals surface area contributed by atoms with Crippen LogP contribution in [0.1, 0.15) is 34.0 Å². The molecule has 0 atom stereocenters. The van der Waals surface area contributed by atoms with Gasteiger partial charge in [0.25, 0.3) is 5.91 Å². The third-order valence-corrected chi connectivity index (χ3v) is 3.71. The van der Waals surface area contributed by atoms with Crippen LogP contribution in [-0.2, 0) is 22.6 Å². The second-order valence-corrected chi connectivity index (χ2v) is 5.44. The smallest absolute Gasteiger partial charge is 0.338 e. The number of anilines is 1. The van der Waals surface area contributed by atoms with E-state index in [1.807, 2.05) is 32.0 Å². The molecule has 0 radical (unpaired) electrons. The highest BCUT2D eigenvalue weighted by Crippen LogP contribution is 2.20. The molecule has 5 nitrogen and oxygen atoms in total. The second-order valence-electron chi connectivity index (χ2n) is 5.44. The maximum absolute atomic E-state index is 12.0. The number of esters is 1. The lowest BCUT2D eigenvalue weighted by atomic mass is 10.1. The fourth-order valence-electron chi connectivity index (χ4n) is 2.34. The standard InChI is InChI=1S/C19H21NO4/c1-3-15-6-4-5-13(2)18(15)20-17(22)12-24-19(23)16-9-7-14(11-21)8-10-16/h4-10,21H,3,11-12H2,1-2H3,(H,20,22). The summed E-state index contributed by atoms with van der Waals surface area (Å²) in [6.45, 7) is 3.50. The molecular weight excluding hydrogens is 306 g/mol. The molecule has 5 heteroatoms. The Morgan fingerprint density at radius 1 is 1.12 bits per heavy atom. The van der Waals surface area contributed by atoms with Crippen molar-refractivity contribution in [1.82, 2.24) is 0 Å². The Labute approximate surface area is 141 Å². The molecule has 0 aliphatic rings. The topological polar surface area (TPSA) is 75.6 Å². The first kappa shape index (κ1) is 17.7. The van der Waals surface area contributed by atoms with E-state index in [0.717, 1.165) is 23.2 Å². The van der Waals surface area contributed by atoms with Gasteiger partial charge >= 0.3 is 5.97 Å². The van der Waals surface area contributed by atoms with Crippen molar-refractivity contribution in [2.75, 3.05) is 11.9 Å². The van der Waals surface area contributed by atoms with Crippen molar-refractivity contribution in [3.8, 4) is 0 Å². The van der Waals surface area contributed by atoms with Crippen molar-refractivity contribution in [3.63, 3.8) is 0 Å². The van der Waals surface area contributed by atoms with E-state index in [1.165, 1.54) is 0 Å². The van der Waals surface area contributed by atoms with E-state index in [-0.39, 0.29) is 19.1 Å². The number of aryl methyl sites for hydroxylation is 2. The van der Waals surface area contributed by atoms with Gasteiger partial charge < -0.3 is 15.2 Å². The lowest BCUT2D eigenvalue weighted by Crippen LogP contribution is -2.22. The maximum atomic E-state index is 12.0. The first-order valence-electron chi connectivity index (χ1n) is 7.80. The van der Waals surface area contributed by atoms with Crippen molar-refractivity contribution in [2.45, 2.75) is 26.9 Å². The van der Waals surface area contributed by atoms with Crippen LogP contribution in [0.25, 0.3) is 0 Å². The number of ether oxygens (including phenoxy) is 1. The zero-order valence-corrected chi connectivity index (χ0v) is 13.8. The van der Waals surface area contributed by atoms with Gasteiger partial charge in [0.05, 0.1) is 12.2 Å². The Bertz CT molecular complexity index is 723. The van der Waals surface area contributed by atoms with Gasteiger partial charge in [0.15, 0.2) is 6.61 Å². The zero-order chi connectivity index (χ0) is 17.5. The van der Waals surface area contributed by atoms with Crippen LogP contribution in [0.4, 0.5) is 5.69 Å². The lowest BCUT2D eigenvalue weighted by molar-refractivity contribution is -0.119. The number of para-hydroxylation sites is 1. The minimum absolute atomic E-state index is 0.0894. The third-order valence-electron chi connectivity index (χ3n) is 3.71. The minimum atomic E-state index is -0.574. The second kappa shape index (κ2) is 8.26. The average Bonchev–Trinajstić information content (AvgIpc) is 2.61. The maximum Gasteiger partial charge on any atom is 0.338 e. The molecule has 0 saturated carbocycles. The molecule has 2 aromatic rings. The number of aliphatic hydroxyl groups excluding tert-OH is 1. The van der Waals surface area contributed by atoms with Gasteiger partial charge in [-0.1, -0.05) is 37.3 Å². The van der Waals surface area contributed by atoms with Crippen LogP contribution in [0.15, 0.2) is 42.5 Å². The molecule has 0 spiro atoms. The molecule has 1 amide bonds. The fourth-order valence-corrected chi connectivity index (χ4v) is 2.34. The van der Waals surface area contributed by atoms with E-state index in [4.69, 9.17) is 9.84 Å². The van der Waals surface area contributed by atoms with E-state index in [1.54, 1.807) is 24.3 Å². The van der Waals surface area contributed by atoms with Gasteiger partial charge in [-0.25, -0.2) is 4.79 Å². The first-order chi connectivity index (χ1) is 11.5. The van der Waals surface area contributed by atoms with E-state index in [2.05, 4.69) is 5.32 Å². The summed E-state index contributed by atoms with van der Waals surface area (Å²) >= 11 is 0. The van der Waals surface area contributed by atoms with Crippen molar-refractivity contribution >= 4 is 17.6 Å². The SMILES string of the molecule is CCc1cccc(C)c1NC(=O)COC(=O)c1ccc(CO)cc1. The number of benzene rings is 2. The monoisotopic (exact) mass is 327 g/mol. The van der Waals surface area contributed by atoms with Crippen LogP contribution in [-0.4, -0.2) is 23.6 Å². The summed E-state index contributed by atoms with van der Waals surface area (Å²) in [5.41, 5.74) is 3.82. The molecule has 2 rings (SSSR count). The van der Waals surface area contributed by atoms with Gasteiger partial charge in [-0.15, -0.1) is 0 Å². The Hall–Kier alpha value is -2.66. The van der Waals surface area contributed by atoms with E-state index < -0.39 is 5.97 Å². The molecule has 0 aliphatic carbocycles. The molecule has 0 aliphatic heterocycles. The number of hydrogen-bond acceptors (Lipinski definition) is 4. The first-order valence-corrected chi connectivity index (χ1v) is 7.80. The van der Waals surface area contributed by atoms with Gasteiger partial charge in [0.2, 0.25) is 0 Å². The summed E-state index contributed by atoms with van der Waals surface area (Å²) in [4.78, 5) is 24.0. The number of hydrogen-bond donors (Lipinski definition) is 2. The molecular formula is C19H21NO4. The number of aliphatic hydroxyl groups is 1. The van der Waals surface area contributed by atoms with Crippen molar-refractivity contribution in [3.05, 3.63) is 64.7 Å². The molecule has 2 N–H and O–H groups in total. The van der Waals surface area contributed by atoms with Gasteiger partial charge in [-0.2, -0.15) is 0 Å². The molecule has 0 unspecified atom stereocenters. The van der Waals surface area contributed by atoms with Crippen LogP contribution in [0.5, 0.6) is 0 Å². The summed E-state index contributed by atoms with van der Waals surface area (Å²) < 4.78 is 5.04. The highest BCUT2D eigenvalue weighted by molar-refractivity contribution is 5.96. The van der Waals surface area contributed by atoms with Crippen molar-refractivity contribution < 1.29 is 19.4 Å². The van der Waals surface area contributed by atoms with Crippen LogP contribution in [0, 0.1) is 6.92 Å².